The van der Waals surface area contributed by atoms with Gasteiger partial charge in [-0.05, 0) is 33.6 Å². The molecule has 0 radical (unpaired) electrons. The molecule has 188 valence electrons. The molecule has 0 aliphatic carbocycles. The molecule has 3 aromatic rings. The molecular weight excluding hydrogens is 470 g/mol. The van der Waals surface area contributed by atoms with Gasteiger partial charge in [0.2, 0.25) is 0 Å². The van der Waals surface area contributed by atoms with Crippen LogP contribution in [0.25, 0.3) is 16.2 Å². The predicted octanol–water partition coefficient (Wildman–Crippen LogP) is 3.04. The zero-order chi connectivity index (χ0) is 25.0. The van der Waals surface area contributed by atoms with Crippen molar-refractivity contribution >= 4 is 34.0 Å². The van der Waals surface area contributed by atoms with Crippen molar-refractivity contribution in [3.63, 3.8) is 0 Å². The van der Waals surface area contributed by atoms with Gasteiger partial charge < -0.3 is 25.0 Å². The highest BCUT2D eigenvalue weighted by Gasteiger charge is 2.27. The Morgan fingerprint density at radius 1 is 1.20 bits per heavy atom. The summed E-state index contributed by atoms with van der Waals surface area (Å²) in [6.45, 7) is 7.67. The lowest BCUT2D eigenvalue weighted by Gasteiger charge is -2.32. The highest BCUT2D eigenvalue weighted by Crippen LogP contribution is 2.27. The Bertz CT molecular complexity index is 1180. The lowest BCUT2D eigenvalue weighted by Crippen LogP contribution is -2.47. The van der Waals surface area contributed by atoms with Crippen molar-refractivity contribution in [1.29, 1.82) is 0 Å². The summed E-state index contributed by atoms with van der Waals surface area (Å²) in [6.07, 6.45) is 4.40. The van der Waals surface area contributed by atoms with Gasteiger partial charge in [0.15, 0.2) is 5.82 Å². The van der Waals surface area contributed by atoms with Gasteiger partial charge in [0.1, 0.15) is 22.9 Å². The number of likely N-dealkylation sites (tertiary alicyclic amines) is 1. The fraction of sp³-hybridized carbons (Fsp3) is 0.522. The average molecular weight is 502 g/mol. The lowest BCUT2D eigenvalue weighted by molar-refractivity contribution is 0.0687. The summed E-state index contributed by atoms with van der Waals surface area (Å²) in [7, 11) is 1.55. The minimum Gasteiger partial charge on any atom is -0.447 e. The van der Waals surface area contributed by atoms with Crippen LogP contribution < -0.4 is 10.6 Å². The predicted molar refractivity (Wildman–Crippen MR) is 133 cm³/mol. The number of hydrogen-bond acceptors (Lipinski definition) is 9. The lowest BCUT2D eigenvalue weighted by atomic mass is 10.0. The molecule has 35 heavy (non-hydrogen) atoms. The number of nitrogens with one attached hydrogen (secondary N) is 2. The number of aromatic nitrogens is 4. The van der Waals surface area contributed by atoms with Gasteiger partial charge in [-0.1, -0.05) is 0 Å². The van der Waals surface area contributed by atoms with E-state index in [2.05, 4.69) is 25.7 Å². The van der Waals surface area contributed by atoms with E-state index in [1.807, 2.05) is 32.3 Å². The zero-order valence-corrected chi connectivity index (χ0v) is 21.2. The molecule has 2 N–H and O–H groups in total. The largest absolute Gasteiger partial charge is 0.447 e. The molecule has 2 amide bonds. The first kappa shape index (κ1) is 24.9. The number of amides is 2. The third kappa shape index (κ3) is 6.25. The molecule has 4 rings (SSSR count). The second-order valence-electron chi connectivity index (χ2n) is 9.39. The number of thiazole rings is 1. The van der Waals surface area contributed by atoms with Gasteiger partial charge in [0.25, 0.3) is 5.91 Å². The minimum absolute atomic E-state index is 0.0484. The van der Waals surface area contributed by atoms with Crippen LogP contribution >= 0.6 is 11.3 Å². The van der Waals surface area contributed by atoms with E-state index in [1.165, 1.54) is 0 Å². The van der Waals surface area contributed by atoms with E-state index in [-0.39, 0.29) is 24.1 Å². The van der Waals surface area contributed by atoms with E-state index in [4.69, 9.17) is 9.47 Å². The van der Waals surface area contributed by atoms with Gasteiger partial charge in [-0.15, -0.1) is 11.3 Å². The molecule has 0 saturated carbocycles. The fourth-order valence-corrected chi connectivity index (χ4v) is 4.61. The Morgan fingerprint density at radius 3 is 2.69 bits per heavy atom. The first-order valence-electron chi connectivity index (χ1n) is 11.5. The van der Waals surface area contributed by atoms with Gasteiger partial charge >= 0.3 is 6.09 Å². The van der Waals surface area contributed by atoms with E-state index in [0.29, 0.717) is 49.9 Å². The van der Waals surface area contributed by atoms with Crippen molar-refractivity contribution in [3.8, 4) is 11.4 Å². The van der Waals surface area contributed by atoms with Gasteiger partial charge in [0.05, 0.1) is 18.4 Å². The molecule has 12 heteroatoms. The average Bonchev–Trinajstić information content (AvgIpc) is 3.42. The summed E-state index contributed by atoms with van der Waals surface area (Å²) in [5, 5.41) is 12.5. The highest BCUT2D eigenvalue weighted by molar-refractivity contribution is 7.16. The molecule has 0 atom stereocenters. The smallest absolute Gasteiger partial charge is 0.407 e. The number of methoxy groups -OCH3 is 1. The number of alkyl carbamates (subject to hydrolysis) is 1. The van der Waals surface area contributed by atoms with Crippen molar-refractivity contribution in [2.75, 3.05) is 38.7 Å². The Morgan fingerprint density at radius 2 is 1.97 bits per heavy atom. The maximum atomic E-state index is 13.4. The second-order valence-corrected chi connectivity index (χ2v) is 10.3. The number of ether oxygens (including phenoxy) is 2. The first-order valence-corrected chi connectivity index (χ1v) is 12.4. The normalized spacial score (nSPS) is 14.8. The summed E-state index contributed by atoms with van der Waals surface area (Å²) in [5.74, 6) is 0.869. The van der Waals surface area contributed by atoms with Crippen LogP contribution in [-0.2, 0) is 9.47 Å². The topological polar surface area (TPSA) is 123 Å². The van der Waals surface area contributed by atoms with Crippen molar-refractivity contribution in [3.05, 3.63) is 29.5 Å². The fourth-order valence-electron chi connectivity index (χ4n) is 3.82. The Labute approximate surface area is 207 Å². The van der Waals surface area contributed by atoms with Crippen LogP contribution in [0, 0.1) is 0 Å². The van der Waals surface area contributed by atoms with Crippen LogP contribution in [0.2, 0.25) is 0 Å². The summed E-state index contributed by atoms with van der Waals surface area (Å²) >= 11 is 1.54. The van der Waals surface area contributed by atoms with Gasteiger partial charge in [-0.2, -0.15) is 5.10 Å². The van der Waals surface area contributed by atoms with Crippen LogP contribution in [0.3, 0.4) is 0 Å². The van der Waals surface area contributed by atoms with Gasteiger partial charge in [0, 0.05) is 49.4 Å². The Hall–Kier alpha value is -3.25. The number of nitrogens with zero attached hydrogens (tertiary/aromatic N) is 5. The molecule has 3 aromatic heterocycles. The first-order chi connectivity index (χ1) is 16.7. The standard InChI is InChI=1S/C23H31N7O4S/c1-23(2,3)28-18-13-17(26-19(27-18)16-14-24-30-9-12-35-21(16)30)20(31)29-7-5-15(6-8-29)25-22(32)34-11-10-33-4/h9,12-15H,5-8,10-11H2,1-4H3,(H,25,32)(H,26,27,28). The third-order valence-electron chi connectivity index (χ3n) is 5.45. The Balaban J connectivity index is 1.49. The van der Waals surface area contributed by atoms with Crippen LogP contribution in [0.1, 0.15) is 44.1 Å². The molecular formula is C23H31N7O4S. The SMILES string of the molecule is COCCOC(=O)NC1CCN(C(=O)c2cc(NC(C)(C)C)nc(-c3cnn4ccsc34)n2)CC1. The number of rotatable bonds is 7. The molecule has 0 bridgehead atoms. The van der Waals surface area contributed by atoms with Crippen molar-refractivity contribution in [2.24, 2.45) is 0 Å². The monoisotopic (exact) mass is 501 g/mol. The number of carbonyl (C=O) groups is 2. The van der Waals surface area contributed by atoms with Crippen LogP contribution in [0.15, 0.2) is 23.8 Å². The van der Waals surface area contributed by atoms with Gasteiger partial charge in [-0.25, -0.2) is 19.3 Å². The number of fused-ring (bicyclic) bond motifs is 1. The quantitative estimate of drug-likeness (QED) is 0.474. The molecule has 0 unspecified atom stereocenters. The summed E-state index contributed by atoms with van der Waals surface area (Å²) in [5.41, 5.74) is 0.856. The van der Waals surface area contributed by atoms with E-state index >= 15 is 0 Å². The number of hydrogen-bond donors (Lipinski definition) is 2. The van der Waals surface area contributed by atoms with E-state index < -0.39 is 6.09 Å². The van der Waals surface area contributed by atoms with Crippen LogP contribution in [-0.4, -0.2) is 81.5 Å². The maximum absolute atomic E-state index is 13.4. The Kier molecular flexibility index (Phi) is 7.51. The molecule has 1 fully saturated rings. The summed E-state index contributed by atoms with van der Waals surface area (Å²) in [4.78, 5) is 37.3. The number of piperidine rings is 1. The highest BCUT2D eigenvalue weighted by atomic mass is 32.1. The van der Waals surface area contributed by atoms with Crippen molar-refractivity contribution in [1.82, 2.24) is 29.8 Å². The summed E-state index contributed by atoms with van der Waals surface area (Å²) < 4.78 is 11.7. The van der Waals surface area contributed by atoms with Crippen LogP contribution in [0.4, 0.5) is 10.6 Å². The molecule has 1 saturated heterocycles. The molecule has 0 spiro atoms. The summed E-state index contributed by atoms with van der Waals surface area (Å²) in [6, 6.07) is 1.65. The van der Waals surface area contributed by atoms with Crippen LogP contribution in [0.5, 0.6) is 0 Å². The van der Waals surface area contributed by atoms with Crippen molar-refractivity contribution in [2.45, 2.75) is 45.2 Å². The van der Waals surface area contributed by atoms with Gasteiger partial charge in [-0.3, -0.25) is 4.79 Å². The minimum atomic E-state index is -0.466. The third-order valence-corrected chi connectivity index (χ3v) is 6.33. The number of carbonyl (C=O) groups excluding carboxylic acids is 2. The molecule has 1 aliphatic rings. The molecule has 0 aromatic carbocycles. The zero-order valence-electron chi connectivity index (χ0n) is 20.4. The van der Waals surface area contributed by atoms with E-state index in [0.717, 1.165) is 10.4 Å². The maximum Gasteiger partial charge on any atom is 0.407 e. The molecule has 11 nitrogen and oxygen atoms in total. The molecule has 1 aliphatic heterocycles. The van der Waals surface area contributed by atoms with Crippen molar-refractivity contribution < 1.29 is 19.1 Å². The second kappa shape index (κ2) is 10.6. The van der Waals surface area contributed by atoms with E-state index in [9.17, 15) is 9.59 Å². The molecule has 4 heterocycles. The number of anilines is 1. The van der Waals surface area contributed by atoms with E-state index in [1.54, 1.807) is 40.1 Å².